The molecule has 0 spiro atoms. The van der Waals surface area contributed by atoms with Gasteiger partial charge in [0.2, 0.25) is 5.91 Å². The summed E-state index contributed by atoms with van der Waals surface area (Å²) in [5, 5.41) is 12.4. The van der Waals surface area contributed by atoms with Gasteiger partial charge in [-0.2, -0.15) is 0 Å². The van der Waals surface area contributed by atoms with Crippen LogP contribution in [0.1, 0.15) is 24.0 Å². The summed E-state index contributed by atoms with van der Waals surface area (Å²) in [4.78, 5) is 16.3. The summed E-state index contributed by atoms with van der Waals surface area (Å²) < 4.78 is 15.4. The lowest BCUT2D eigenvalue weighted by molar-refractivity contribution is -0.117. The summed E-state index contributed by atoms with van der Waals surface area (Å²) in [6.07, 6.45) is 5.51. The van der Waals surface area contributed by atoms with Gasteiger partial charge in [0.05, 0.1) is 12.8 Å². The predicted octanol–water partition coefficient (Wildman–Crippen LogP) is 3.29. The smallest absolute Gasteiger partial charge is 0.228 e. The molecule has 25 heavy (non-hydrogen) atoms. The Labute approximate surface area is 144 Å². The van der Waals surface area contributed by atoms with Gasteiger partial charge in [-0.25, -0.2) is 9.37 Å². The Bertz CT molecular complexity index is 976. The van der Waals surface area contributed by atoms with E-state index in [1.54, 1.807) is 6.20 Å². The van der Waals surface area contributed by atoms with Gasteiger partial charge in [0.1, 0.15) is 11.5 Å². The number of carbonyl (C=O) groups excluding carboxylic acids is 1. The number of hydrogen-bond acceptors (Lipinski definition) is 3. The van der Waals surface area contributed by atoms with Gasteiger partial charge in [-0.1, -0.05) is 0 Å². The number of rotatable bonds is 4. The van der Waals surface area contributed by atoms with Crippen molar-refractivity contribution in [3.63, 3.8) is 0 Å². The molecule has 0 bridgehead atoms. The third kappa shape index (κ3) is 3.00. The average molecular weight is 339 g/mol. The number of aromatic nitrogens is 2. The van der Waals surface area contributed by atoms with Gasteiger partial charge < -0.3 is 14.8 Å². The summed E-state index contributed by atoms with van der Waals surface area (Å²) in [7, 11) is 0. The first-order valence-corrected chi connectivity index (χ1v) is 8.25. The van der Waals surface area contributed by atoms with Crippen molar-refractivity contribution < 1.29 is 14.3 Å². The number of hydrogen-bond donors (Lipinski definition) is 2. The second kappa shape index (κ2) is 5.97. The zero-order chi connectivity index (χ0) is 17.6. The van der Waals surface area contributed by atoms with Crippen LogP contribution in [0, 0.1) is 18.7 Å². The zero-order valence-electron chi connectivity index (χ0n) is 13.8. The van der Waals surface area contributed by atoms with Crippen LogP contribution in [0.2, 0.25) is 0 Å². The van der Waals surface area contributed by atoms with Gasteiger partial charge >= 0.3 is 0 Å². The van der Waals surface area contributed by atoms with Gasteiger partial charge in [-0.3, -0.25) is 4.79 Å². The number of aryl methyl sites for hydroxylation is 1. The fraction of sp³-hybridized carbons (Fsp3) is 0.263. The normalized spacial score (nSPS) is 14.0. The predicted molar refractivity (Wildman–Crippen MR) is 92.6 cm³/mol. The third-order valence-corrected chi connectivity index (χ3v) is 4.49. The Hall–Kier alpha value is -2.73. The van der Waals surface area contributed by atoms with Crippen LogP contribution in [0.5, 0.6) is 0 Å². The maximum atomic E-state index is 13.6. The molecule has 3 aromatic rings. The topological polar surface area (TPSA) is 66.6 Å². The first-order valence-electron chi connectivity index (χ1n) is 8.25. The molecule has 2 aromatic heterocycles. The number of aliphatic hydroxyl groups is 1. The Balaban J connectivity index is 1.73. The number of amides is 1. The first kappa shape index (κ1) is 15.8. The number of anilines is 1. The number of carbonyl (C=O) groups is 1. The Morgan fingerprint density at radius 3 is 2.88 bits per heavy atom. The molecule has 2 N–H and O–H groups in total. The van der Waals surface area contributed by atoms with Crippen LogP contribution in [0.3, 0.4) is 0 Å². The highest BCUT2D eigenvalue weighted by atomic mass is 19.1. The Morgan fingerprint density at radius 2 is 2.16 bits per heavy atom. The maximum Gasteiger partial charge on any atom is 0.228 e. The van der Waals surface area contributed by atoms with E-state index in [-0.39, 0.29) is 24.2 Å². The summed E-state index contributed by atoms with van der Waals surface area (Å²) in [6, 6.07) is 6.52. The van der Waals surface area contributed by atoms with Crippen molar-refractivity contribution in [1.29, 1.82) is 0 Å². The van der Waals surface area contributed by atoms with Gasteiger partial charge in [-0.05, 0) is 66.3 Å². The van der Waals surface area contributed by atoms with Crippen molar-refractivity contribution in [3.05, 3.63) is 53.6 Å². The van der Waals surface area contributed by atoms with Crippen LogP contribution >= 0.6 is 0 Å². The van der Waals surface area contributed by atoms with Gasteiger partial charge in [-0.15, -0.1) is 0 Å². The molecular weight excluding hydrogens is 321 g/mol. The molecule has 0 saturated heterocycles. The molecule has 128 valence electrons. The fourth-order valence-corrected chi connectivity index (χ4v) is 3.12. The highest BCUT2D eigenvalue weighted by molar-refractivity contribution is 5.93. The van der Waals surface area contributed by atoms with E-state index >= 15 is 0 Å². The second-order valence-electron chi connectivity index (χ2n) is 6.49. The molecule has 1 aromatic carbocycles. The molecule has 1 saturated carbocycles. The molecule has 6 heteroatoms. The first-order chi connectivity index (χ1) is 12.0. The minimum Gasteiger partial charge on any atom is -0.392 e. The molecule has 1 aliphatic carbocycles. The summed E-state index contributed by atoms with van der Waals surface area (Å²) in [5.41, 5.74) is 3.67. The Morgan fingerprint density at radius 1 is 1.36 bits per heavy atom. The van der Waals surface area contributed by atoms with Crippen molar-refractivity contribution in [2.24, 2.45) is 5.92 Å². The van der Waals surface area contributed by atoms with E-state index in [0.29, 0.717) is 17.0 Å². The summed E-state index contributed by atoms with van der Waals surface area (Å²) >= 11 is 0. The summed E-state index contributed by atoms with van der Waals surface area (Å²) in [5.74, 6) is 0.293. The average Bonchev–Trinajstić information content (AvgIpc) is 3.34. The van der Waals surface area contributed by atoms with Gasteiger partial charge in [0.15, 0.2) is 5.82 Å². The summed E-state index contributed by atoms with van der Waals surface area (Å²) in [6.45, 7) is 1.58. The van der Waals surface area contributed by atoms with E-state index in [9.17, 15) is 14.3 Å². The minimum absolute atomic E-state index is 0.0144. The quantitative estimate of drug-likeness (QED) is 0.766. The van der Waals surface area contributed by atoms with Crippen molar-refractivity contribution in [1.82, 2.24) is 9.38 Å². The van der Waals surface area contributed by atoms with Crippen LogP contribution in [0.25, 0.3) is 16.8 Å². The molecule has 0 radical (unpaired) electrons. The molecule has 0 atom stereocenters. The number of nitrogens with one attached hydrogen (secondary N) is 1. The SMILES string of the molecule is Cc1cc(F)cc(CO)c1-c1ccc2nc(NC(=O)C3CC3)cn2c1. The van der Waals surface area contributed by atoms with Crippen LogP contribution in [-0.4, -0.2) is 20.4 Å². The van der Waals surface area contributed by atoms with Crippen LogP contribution in [-0.2, 0) is 11.4 Å². The minimum atomic E-state index is -0.362. The van der Waals surface area contributed by atoms with E-state index in [4.69, 9.17) is 0 Å². The number of aliphatic hydroxyl groups excluding tert-OH is 1. The van der Waals surface area contributed by atoms with E-state index in [0.717, 1.165) is 29.5 Å². The third-order valence-electron chi connectivity index (χ3n) is 4.49. The standard InChI is InChI=1S/C19H18FN3O2/c1-11-6-15(20)7-14(10-24)18(11)13-4-5-17-21-16(9-23(17)8-13)22-19(25)12-2-3-12/h4-9,12,24H,2-3,10H2,1H3,(H,22,25). The van der Waals surface area contributed by atoms with Crippen molar-refractivity contribution >= 4 is 17.4 Å². The van der Waals surface area contributed by atoms with Crippen LogP contribution < -0.4 is 5.32 Å². The zero-order valence-corrected chi connectivity index (χ0v) is 13.8. The van der Waals surface area contributed by atoms with Gasteiger partial charge in [0.25, 0.3) is 0 Å². The number of fused-ring (bicyclic) bond motifs is 1. The van der Waals surface area contributed by atoms with E-state index < -0.39 is 0 Å². The number of imidazole rings is 1. The largest absolute Gasteiger partial charge is 0.392 e. The highest BCUT2D eigenvalue weighted by Gasteiger charge is 2.30. The molecular formula is C19H18FN3O2. The van der Waals surface area contributed by atoms with Crippen molar-refractivity contribution in [2.45, 2.75) is 26.4 Å². The molecule has 2 heterocycles. The molecule has 4 rings (SSSR count). The number of nitrogens with zero attached hydrogens (tertiary/aromatic N) is 2. The lowest BCUT2D eigenvalue weighted by Crippen LogP contribution is -2.13. The molecule has 1 aliphatic rings. The van der Waals surface area contributed by atoms with E-state index in [1.165, 1.54) is 12.1 Å². The Kier molecular flexibility index (Phi) is 3.77. The fourth-order valence-electron chi connectivity index (χ4n) is 3.12. The van der Waals surface area contributed by atoms with Crippen molar-refractivity contribution in [3.8, 4) is 11.1 Å². The van der Waals surface area contributed by atoms with E-state index in [1.807, 2.05) is 29.7 Å². The van der Waals surface area contributed by atoms with Gasteiger partial charge in [0, 0.05) is 12.1 Å². The molecule has 1 amide bonds. The highest BCUT2D eigenvalue weighted by Crippen LogP contribution is 2.31. The molecule has 5 nitrogen and oxygen atoms in total. The lowest BCUT2D eigenvalue weighted by atomic mass is 9.96. The molecule has 0 aliphatic heterocycles. The second-order valence-corrected chi connectivity index (χ2v) is 6.49. The van der Waals surface area contributed by atoms with Crippen LogP contribution in [0.4, 0.5) is 10.2 Å². The maximum absolute atomic E-state index is 13.6. The lowest BCUT2D eigenvalue weighted by Gasteiger charge is -2.12. The molecule has 0 unspecified atom stereocenters. The number of pyridine rings is 1. The number of benzene rings is 1. The van der Waals surface area contributed by atoms with E-state index in [2.05, 4.69) is 10.3 Å². The monoisotopic (exact) mass is 339 g/mol. The van der Waals surface area contributed by atoms with Crippen LogP contribution in [0.15, 0.2) is 36.7 Å². The molecule has 1 fully saturated rings. The number of halogens is 1. The van der Waals surface area contributed by atoms with Crippen molar-refractivity contribution in [2.75, 3.05) is 5.32 Å².